The molecule has 2 atom stereocenters. The number of carbonyl (C=O) groups excluding carboxylic acids is 1. The molecule has 1 fully saturated rings. The number of likely N-dealkylation sites (tertiary alicyclic amines) is 1. The van der Waals surface area contributed by atoms with Crippen molar-refractivity contribution in [3.63, 3.8) is 0 Å². The maximum Gasteiger partial charge on any atom is 0.254 e. The van der Waals surface area contributed by atoms with E-state index in [0.717, 1.165) is 0 Å². The second-order valence-electron chi connectivity index (χ2n) is 3.23. The second-order valence-corrected chi connectivity index (χ2v) is 3.23. The van der Waals surface area contributed by atoms with Crippen LogP contribution < -0.4 is 0 Å². The molecule has 0 aliphatic carbocycles. The summed E-state index contributed by atoms with van der Waals surface area (Å²) in [4.78, 5) is 12.7. The Morgan fingerprint density at radius 3 is 2.40 bits per heavy atom. The first-order chi connectivity index (χ1) is 4.46. The Bertz CT molecular complexity index is 165. The highest BCUT2D eigenvalue weighted by Gasteiger charge is 2.45. The van der Waals surface area contributed by atoms with Crippen LogP contribution in [0.3, 0.4) is 0 Å². The zero-order chi connectivity index (χ0) is 7.94. The molecule has 0 aromatic carbocycles. The predicted molar refractivity (Wildman–Crippen MR) is 37.4 cm³/mol. The van der Waals surface area contributed by atoms with Crippen LogP contribution in [0.1, 0.15) is 13.8 Å². The molecule has 1 amide bonds. The lowest BCUT2D eigenvalue weighted by Crippen LogP contribution is -2.38. The Kier molecular flexibility index (Phi) is 1.47. The molecule has 0 bridgehead atoms. The van der Waals surface area contributed by atoms with E-state index in [4.69, 9.17) is 0 Å². The quantitative estimate of drug-likeness (QED) is 0.512. The first-order valence-electron chi connectivity index (χ1n) is 3.44. The third kappa shape index (κ3) is 0.814. The summed E-state index contributed by atoms with van der Waals surface area (Å²) in [5, 5.41) is 9.51. The minimum absolute atomic E-state index is 0.0463. The van der Waals surface area contributed by atoms with Crippen LogP contribution in [0.2, 0.25) is 0 Å². The largest absolute Gasteiger partial charge is 0.380 e. The van der Waals surface area contributed by atoms with E-state index in [2.05, 4.69) is 0 Å². The van der Waals surface area contributed by atoms with Crippen LogP contribution in [-0.2, 0) is 4.79 Å². The Labute approximate surface area is 60.6 Å². The summed E-state index contributed by atoms with van der Waals surface area (Å²) in [7, 11) is 1.71. The van der Waals surface area contributed by atoms with Gasteiger partial charge in [0.05, 0.1) is 0 Å². The minimum atomic E-state index is -1.13. The lowest BCUT2D eigenvalue weighted by atomic mass is 9.95. The van der Waals surface area contributed by atoms with E-state index < -0.39 is 5.60 Å². The average Bonchev–Trinajstić information content (AvgIpc) is 1.97. The standard InChI is InChI=1S/C7H13NO2/c1-5-4-8(3)6(9)7(5,2)10/h5,10H,4H2,1-3H3/t5?,7-/m0/s1. The number of hydrogen-bond acceptors (Lipinski definition) is 2. The van der Waals surface area contributed by atoms with Crippen molar-refractivity contribution in [1.29, 1.82) is 0 Å². The van der Waals surface area contributed by atoms with Gasteiger partial charge in [0.2, 0.25) is 0 Å². The number of rotatable bonds is 0. The van der Waals surface area contributed by atoms with Gasteiger partial charge < -0.3 is 10.0 Å². The second kappa shape index (κ2) is 1.95. The van der Waals surface area contributed by atoms with Crippen molar-refractivity contribution in [3.05, 3.63) is 0 Å². The number of hydrogen-bond donors (Lipinski definition) is 1. The molecule has 3 nitrogen and oxygen atoms in total. The molecule has 1 unspecified atom stereocenters. The summed E-state index contributed by atoms with van der Waals surface area (Å²) < 4.78 is 0. The van der Waals surface area contributed by atoms with Gasteiger partial charge >= 0.3 is 0 Å². The van der Waals surface area contributed by atoms with Gasteiger partial charge in [0.25, 0.3) is 5.91 Å². The molecule has 10 heavy (non-hydrogen) atoms. The molecule has 0 spiro atoms. The summed E-state index contributed by atoms with van der Waals surface area (Å²) in [6.07, 6.45) is 0. The van der Waals surface area contributed by atoms with Crippen molar-refractivity contribution < 1.29 is 9.90 Å². The van der Waals surface area contributed by atoms with Crippen molar-refractivity contribution in [3.8, 4) is 0 Å². The highest BCUT2D eigenvalue weighted by atomic mass is 16.3. The number of aliphatic hydroxyl groups is 1. The third-order valence-electron chi connectivity index (χ3n) is 2.29. The van der Waals surface area contributed by atoms with Crippen LogP contribution in [0.5, 0.6) is 0 Å². The van der Waals surface area contributed by atoms with Crippen LogP contribution in [0.15, 0.2) is 0 Å². The highest BCUT2D eigenvalue weighted by Crippen LogP contribution is 2.26. The Morgan fingerprint density at radius 1 is 1.80 bits per heavy atom. The van der Waals surface area contributed by atoms with Crippen LogP contribution in [0.4, 0.5) is 0 Å². The lowest BCUT2D eigenvalue weighted by Gasteiger charge is -2.17. The monoisotopic (exact) mass is 143 g/mol. The van der Waals surface area contributed by atoms with Crippen molar-refractivity contribution in [2.24, 2.45) is 5.92 Å². The van der Waals surface area contributed by atoms with E-state index in [-0.39, 0.29) is 11.8 Å². The minimum Gasteiger partial charge on any atom is -0.380 e. The smallest absolute Gasteiger partial charge is 0.254 e. The number of likely N-dealkylation sites (N-methyl/N-ethyl adjacent to an activating group) is 1. The molecule has 58 valence electrons. The fourth-order valence-electron chi connectivity index (χ4n) is 1.27. The van der Waals surface area contributed by atoms with Gasteiger partial charge in [-0.3, -0.25) is 4.79 Å². The summed E-state index contributed by atoms with van der Waals surface area (Å²) in [5.41, 5.74) is -1.13. The van der Waals surface area contributed by atoms with Crippen LogP contribution >= 0.6 is 0 Å². The van der Waals surface area contributed by atoms with E-state index in [9.17, 15) is 9.90 Å². The van der Waals surface area contributed by atoms with Gasteiger partial charge in [-0.15, -0.1) is 0 Å². The summed E-state index contributed by atoms with van der Waals surface area (Å²) in [6.45, 7) is 4.11. The predicted octanol–water partition coefficient (Wildman–Crippen LogP) is -0.155. The fraction of sp³-hybridized carbons (Fsp3) is 0.857. The van der Waals surface area contributed by atoms with Gasteiger partial charge in [-0.2, -0.15) is 0 Å². The zero-order valence-electron chi connectivity index (χ0n) is 6.59. The molecule has 1 N–H and O–H groups in total. The molecular formula is C7H13NO2. The van der Waals surface area contributed by atoms with Gasteiger partial charge in [0, 0.05) is 19.5 Å². The Morgan fingerprint density at radius 2 is 2.30 bits per heavy atom. The number of amides is 1. The molecule has 0 aromatic heterocycles. The SMILES string of the molecule is CC1CN(C)C(=O)[C@@]1(C)O. The average molecular weight is 143 g/mol. The van der Waals surface area contributed by atoms with Crippen LogP contribution in [0, 0.1) is 5.92 Å². The Hall–Kier alpha value is -0.570. The van der Waals surface area contributed by atoms with Gasteiger partial charge in [-0.05, 0) is 6.92 Å². The maximum absolute atomic E-state index is 11.1. The molecule has 0 radical (unpaired) electrons. The number of nitrogens with zero attached hydrogens (tertiary/aromatic N) is 1. The molecule has 1 aliphatic heterocycles. The van der Waals surface area contributed by atoms with E-state index in [1.807, 2.05) is 6.92 Å². The first kappa shape index (κ1) is 7.54. The summed E-state index contributed by atoms with van der Waals surface area (Å²) in [6, 6.07) is 0. The van der Waals surface area contributed by atoms with Crippen LogP contribution in [-0.4, -0.2) is 35.1 Å². The molecule has 0 aromatic rings. The molecule has 3 heteroatoms. The van der Waals surface area contributed by atoms with E-state index >= 15 is 0 Å². The lowest BCUT2D eigenvalue weighted by molar-refractivity contribution is -0.142. The van der Waals surface area contributed by atoms with Crippen LogP contribution in [0.25, 0.3) is 0 Å². The molecule has 1 saturated heterocycles. The van der Waals surface area contributed by atoms with E-state index in [1.165, 1.54) is 0 Å². The maximum atomic E-state index is 11.1. The summed E-state index contributed by atoms with van der Waals surface area (Å²) >= 11 is 0. The van der Waals surface area contributed by atoms with Gasteiger partial charge in [-0.1, -0.05) is 6.92 Å². The van der Waals surface area contributed by atoms with Gasteiger partial charge in [0.1, 0.15) is 5.60 Å². The van der Waals surface area contributed by atoms with Crippen molar-refractivity contribution in [2.45, 2.75) is 19.4 Å². The molecular weight excluding hydrogens is 130 g/mol. The fourth-order valence-corrected chi connectivity index (χ4v) is 1.27. The zero-order valence-corrected chi connectivity index (χ0v) is 6.59. The number of carbonyl (C=O) groups is 1. The molecule has 1 rings (SSSR count). The molecule has 0 saturated carbocycles. The highest BCUT2D eigenvalue weighted by molar-refractivity contribution is 5.86. The third-order valence-corrected chi connectivity index (χ3v) is 2.29. The summed E-state index contributed by atoms with van der Waals surface area (Å²) in [5.74, 6) is -0.120. The van der Waals surface area contributed by atoms with E-state index in [1.54, 1.807) is 18.9 Å². The van der Waals surface area contributed by atoms with Crippen molar-refractivity contribution in [1.82, 2.24) is 4.90 Å². The van der Waals surface area contributed by atoms with Gasteiger partial charge in [0.15, 0.2) is 0 Å². The molecule has 1 aliphatic rings. The normalized spacial score (nSPS) is 41.0. The van der Waals surface area contributed by atoms with E-state index in [0.29, 0.717) is 6.54 Å². The van der Waals surface area contributed by atoms with Crippen molar-refractivity contribution >= 4 is 5.91 Å². The Balaban J connectivity index is 2.85. The topological polar surface area (TPSA) is 40.5 Å². The van der Waals surface area contributed by atoms with Gasteiger partial charge in [-0.25, -0.2) is 0 Å². The van der Waals surface area contributed by atoms with Crippen molar-refractivity contribution in [2.75, 3.05) is 13.6 Å². The first-order valence-corrected chi connectivity index (χ1v) is 3.44. The molecule has 1 heterocycles.